The highest BCUT2D eigenvalue weighted by atomic mass is 16.5. The van der Waals surface area contributed by atoms with E-state index in [0.29, 0.717) is 6.54 Å². The normalized spacial score (nSPS) is 11.0. The predicted molar refractivity (Wildman–Crippen MR) is 111 cm³/mol. The van der Waals surface area contributed by atoms with E-state index >= 15 is 0 Å². The zero-order valence-corrected chi connectivity index (χ0v) is 16.1. The fourth-order valence-corrected chi connectivity index (χ4v) is 3.38. The fourth-order valence-electron chi connectivity index (χ4n) is 3.38. The molecular formula is C21H22N6O. The topological polar surface area (TPSA) is 82.1 Å². The molecule has 0 spiro atoms. The van der Waals surface area contributed by atoms with Gasteiger partial charge >= 0.3 is 0 Å². The van der Waals surface area contributed by atoms with Crippen LogP contribution in [0.2, 0.25) is 0 Å². The highest BCUT2D eigenvalue weighted by Gasteiger charge is 2.16. The van der Waals surface area contributed by atoms with Crippen molar-refractivity contribution in [3.8, 4) is 5.75 Å². The summed E-state index contributed by atoms with van der Waals surface area (Å²) in [7, 11) is 3.64. The Labute approximate surface area is 163 Å². The van der Waals surface area contributed by atoms with Gasteiger partial charge in [0.05, 0.1) is 30.6 Å². The monoisotopic (exact) mass is 374 g/mol. The molecule has 0 radical (unpaired) electrons. The molecule has 2 aromatic carbocycles. The molecule has 2 heterocycles. The lowest BCUT2D eigenvalue weighted by Gasteiger charge is -2.19. The molecular weight excluding hydrogens is 352 g/mol. The molecule has 4 aromatic rings. The lowest BCUT2D eigenvalue weighted by Crippen LogP contribution is -2.13. The van der Waals surface area contributed by atoms with Gasteiger partial charge in [0.15, 0.2) is 0 Å². The summed E-state index contributed by atoms with van der Waals surface area (Å²) in [6, 6.07) is 16.1. The fraction of sp³-hybridized carbons (Fsp3) is 0.190. The molecule has 2 aromatic heterocycles. The molecule has 0 saturated carbocycles. The lowest BCUT2D eigenvalue weighted by atomic mass is 10.1. The molecule has 0 unspecified atom stereocenters. The molecule has 0 aliphatic heterocycles. The number of hydrogen-bond acceptors (Lipinski definition) is 6. The van der Waals surface area contributed by atoms with Crippen LogP contribution in [-0.4, -0.2) is 33.9 Å². The Morgan fingerprint density at radius 1 is 1.11 bits per heavy atom. The largest absolute Gasteiger partial charge is 0.497 e. The number of anilines is 3. The molecule has 0 amide bonds. The second kappa shape index (κ2) is 7.19. The summed E-state index contributed by atoms with van der Waals surface area (Å²) < 4.78 is 7.26. The Kier molecular flexibility index (Phi) is 4.57. The zero-order valence-electron chi connectivity index (χ0n) is 16.1. The van der Waals surface area contributed by atoms with E-state index in [1.54, 1.807) is 13.3 Å². The van der Waals surface area contributed by atoms with Crippen LogP contribution in [0, 0.1) is 6.92 Å². The van der Waals surface area contributed by atoms with E-state index in [-0.39, 0.29) is 5.95 Å². The molecule has 4 rings (SSSR count). The second-order valence-electron chi connectivity index (χ2n) is 6.59. The van der Waals surface area contributed by atoms with Crippen LogP contribution in [-0.2, 0) is 6.54 Å². The third-order valence-electron chi connectivity index (χ3n) is 4.79. The summed E-state index contributed by atoms with van der Waals surface area (Å²) in [5.41, 5.74) is 9.97. The average Bonchev–Trinajstić information content (AvgIpc) is 3.03. The van der Waals surface area contributed by atoms with Gasteiger partial charge in [-0.1, -0.05) is 18.2 Å². The van der Waals surface area contributed by atoms with E-state index in [9.17, 15) is 0 Å². The molecule has 0 bridgehead atoms. The van der Waals surface area contributed by atoms with Gasteiger partial charge in [0.1, 0.15) is 11.6 Å². The van der Waals surface area contributed by atoms with Crippen LogP contribution in [0.25, 0.3) is 10.9 Å². The first-order valence-corrected chi connectivity index (χ1v) is 8.98. The van der Waals surface area contributed by atoms with Crippen molar-refractivity contribution < 1.29 is 4.74 Å². The van der Waals surface area contributed by atoms with Crippen LogP contribution in [0.1, 0.15) is 11.3 Å². The van der Waals surface area contributed by atoms with Crippen LogP contribution in [0.4, 0.5) is 17.5 Å². The van der Waals surface area contributed by atoms with Gasteiger partial charge in [0.25, 0.3) is 0 Å². The Hall–Kier alpha value is -3.61. The summed E-state index contributed by atoms with van der Waals surface area (Å²) in [6.07, 6.45) is 1.66. The molecule has 0 saturated heterocycles. The maximum Gasteiger partial charge on any atom is 0.221 e. The molecule has 0 atom stereocenters. The highest BCUT2D eigenvalue weighted by molar-refractivity contribution is 5.96. The average molecular weight is 374 g/mol. The highest BCUT2D eigenvalue weighted by Crippen LogP contribution is 2.32. The Bertz CT molecular complexity index is 1120. The number of aromatic nitrogens is 4. The summed E-state index contributed by atoms with van der Waals surface area (Å²) in [5.74, 6) is 1.84. The van der Waals surface area contributed by atoms with Crippen LogP contribution in [0.5, 0.6) is 5.75 Å². The number of nitrogens with two attached hydrogens (primary N) is 1. The number of ether oxygens (including phenoxy) is 1. The molecule has 28 heavy (non-hydrogen) atoms. The number of methoxy groups -OCH3 is 1. The number of fused-ring (bicyclic) bond motifs is 1. The van der Waals surface area contributed by atoms with E-state index in [2.05, 4.69) is 34.2 Å². The Morgan fingerprint density at radius 3 is 2.61 bits per heavy atom. The van der Waals surface area contributed by atoms with Crippen LogP contribution < -0.4 is 15.4 Å². The standard InChI is InChI=1S/C21H22N6O/c1-14-20-17(26(2)19-11-12-23-21(22)24-19)5-4-6-18(20)27(25-14)13-15-7-9-16(28-3)10-8-15/h4-12H,13H2,1-3H3,(H2,22,23,24). The van der Waals surface area contributed by atoms with Gasteiger partial charge in [-0.05, 0) is 42.8 Å². The third-order valence-corrected chi connectivity index (χ3v) is 4.79. The SMILES string of the molecule is COc1ccc(Cn2nc(C)c3c(N(C)c4ccnc(N)n4)cccc32)cc1. The molecule has 0 aliphatic rings. The van der Waals surface area contributed by atoms with Gasteiger partial charge in [-0.3, -0.25) is 4.68 Å². The van der Waals surface area contributed by atoms with Gasteiger partial charge in [-0.25, -0.2) is 4.98 Å². The van der Waals surface area contributed by atoms with E-state index < -0.39 is 0 Å². The Balaban J connectivity index is 1.74. The van der Waals surface area contributed by atoms with E-state index in [0.717, 1.165) is 39.4 Å². The van der Waals surface area contributed by atoms with Crippen molar-refractivity contribution in [2.24, 2.45) is 0 Å². The zero-order chi connectivity index (χ0) is 19.7. The quantitative estimate of drug-likeness (QED) is 0.575. The Morgan fingerprint density at radius 2 is 1.89 bits per heavy atom. The number of aryl methyl sites for hydroxylation is 1. The van der Waals surface area contributed by atoms with E-state index in [1.807, 2.05) is 47.8 Å². The lowest BCUT2D eigenvalue weighted by molar-refractivity contribution is 0.414. The van der Waals surface area contributed by atoms with Crippen LogP contribution in [0.3, 0.4) is 0 Å². The van der Waals surface area contributed by atoms with E-state index in [1.165, 1.54) is 0 Å². The van der Waals surface area contributed by atoms with Crippen LogP contribution >= 0.6 is 0 Å². The van der Waals surface area contributed by atoms with Crippen molar-refractivity contribution in [1.29, 1.82) is 0 Å². The molecule has 7 nitrogen and oxygen atoms in total. The summed E-state index contributed by atoms with van der Waals surface area (Å²) in [6.45, 7) is 2.71. The molecule has 7 heteroatoms. The minimum Gasteiger partial charge on any atom is -0.497 e. The van der Waals surface area contributed by atoms with E-state index in [4.69, 9.17) is 15.6 Å². The first-order valence-electron chi connectivity index (χ1n) is 8.98. The number of nitrogen functional groups attached to an aromatic ring is 1. The van der Waals surface area contributed by atoms with Gasteiger partial charge < -0.3 is 15.4 Å². The van der Waals surface area contributed by atoms with Gasteiger partial charge in [0.2, 0.25) is 5.95 Å². The van der Waals surface area contributed by atoms with Gasteiger partial charge in [-0.15, -0.1) is 0 Å². The maximum absolute atomic E-state index is 5.75. The molecule has 0 fully saturated rings. The minimum absolute atomic E-state index is 0.253. The predicted octanol–water partition coefficient (Wildman–Crippen LogP) is 3.54. The summed E-state index contributed by atoms with van der Waals surface area (Å²) in [5, 5.41) is 5.88. The van der Waals surface area contributed by atoms with Crippen molar-refractivity contribution in [3.63, 3.8) is 0 Å². The molecule has 0 aliphatic carbocycles. The summed E-state index contributed by atoms with van der Waals surface area (Å²) in [4.78, 5) is 10.3. The van der Waals surface area contributed by atoms with Crippen molar-refractivity contribution in [1.82, 2.24) is 19.7 Å². The first kappa shape index (κ1) is 17.8. The van der Waals surface area contributed by atoms with Crippen molar-refractivity contribution in [3.05, 3.63) is 66.0 Å². The van der Waals surface area contributed by atoms with Crippen molar-refractivity contribution in [2.45, 2.75) is 13.5 Å². The van der Waals surface area contributed by atoms with Gasteiger partial charge in [0, 0.05) is 18.6 Å². The minimum atomic E-state index is 0.253. The smallest absolute Gasteiger partial charge is 0.221 e. The van der Waals surface area contributed by atoms with Gasteiger partial charge in [-0.2, -0.15) is 10.1 Å². The molecule has 2 N–H and O–H groups in total. The van der Waals surface area contributed by atoms with Crippen LogP contribution in [0.15, 0.2) is 54.7 Å². The number of nitrogens with zero attached hydrogens (tertiary/aromatic N) is 5. The van der Waals surface area contributed by atoms with Crippen molar-refractivity contribution in [2.75, 3.05) is 24.8 Å². The summed E-state index contributed by atoms with van der Waals surface area (Å²) >= 11 is 0. The first-order chi connectivity index (χ1) is 13.6. The number of rotatable bonds is 5. The number of benzene rings is 2. The van der Waals surface area contributed by atoms with Crippen molar-refractivity contribution >= 4 is 28.4 Å². The third kappa shape index (κ3) is 3.22. The number of hydrogen-bond donors (Lipinski definition) is 1. The second-order valence-corrected chi connectivity index (χ2v) is 6.59. The molecule has 142 valence electrons. The maximum atomic E-state index is 5.75.